The second-order valence-corrected chi connectivity index (χ2v) is 7.68. The number of hydrogen-bond acceptors (Lipinski definition) is 5. The fraction of sp³-hybridized carbons (Fsp3) is 0.476. The van der Waals surface area contributed by atoms with E-state index in [0.29, 0.717) is 12.0 Å². The van der Waals surface area contributed by atoms with Gasteiger partial charge in [0.2, 0.25) is 5.88 Å². The van der Waals surface area contributed by atoms with E-state index >= 15 is 0 Å². The summed E-state index contributed by atoms with van der Waals surface area (Å²) < 4.78 is 0. The smallest absolute Gasteiger partial charge is 0.210 e. The molecule has 0 bridgehead atoms. The Hall–Kier alpha value is -2.11. The SMILES string of the molecule is CC(C)N1CCC(CN2CC=C3N=C(c4ccccc4)C=C(O)N32)CC1. The van der Waals surface area contributed by atoms with Gasteiger partial charge in [-0.2, -0.15) is 0 Å². The fourth-order valence-electron chi connectivity index (χ4n) is 4.06. The summed E-state index contributed by atoms with van der Waals surface area (Å²) in [4.78, 5) is 7.31. The number of aliphatic imine (C=N–C) groups is 1. The van der Waals surface area contributed by atoms with Crippen LogP contribution in [0.5, 0.6) is 0 Å². The van der Waals surface area contributed by atoms with Crippen LogP contribution in [0, 0.1) is 5.92 Å². The minimum atomic E-state index is 0.266. The van der Waals surface area contributed by atoms with Crippen LogP contribution in [-0.4, -0.2) is 58.0 Å². The molecule has 1 saturated heterocycles. The lowest BCUT2D eigenvalue weighted by Gasteiger charge is -2.38. The number of benzene rings is 1. The Morgan fingerprint density at radius 1 is 1.15 bits per heavy atom. The molecule has 138 valence electrons. The summed E-state index contributed by atoms with van der Waals surface area (Å²) in [5.74, 6) is 1.77. The molecule has 0 saturated carbocycles. The van der Waals surface area contributed by atoms with Crippen LogP contribution in [-0.2, 0) is 0 Å². The number of aliphatic hydroxyl groups excluding tert-OH is 1. The molecule has 3 heterocycles. The van der Waals surface area contributed by atoms with Crippen molar-refractivity contribution in [3.63, 3.8) is 0 Å². The third kappa shape index (κ3) is 3.41. The van der Waals surface area contributed by atoms with Crippen molar-refractivity contribution in [2.75, 3.05) is 26.2 Å². The predicted octanol–water partition coefficient (Wildman–Crippen LogP) is 3.38. The molecule has 0 radical (unpaired) electrons. The number of aliphatic hydroxyl groups is 1. The van der Waals surface area contributed by atoms with Gasteiger partial charge >= 0.3 is 0 Å². The topological polar surface area (TPSA) is 42.3 Å². The van der Waals surface area contributed by atoms with Crippen LogP contribution >= 0.6 is 0 Å². The van der Waals surface area contributed by atoms with Crippen molar-refractivity contribution in [1.29, 1.82) is 0 Å². The van der Waals surface area contributed by atoms with Crippen LogP contribution in [0.3, 0.4) is 0 Å². The van der Waals surface area contributed by atoms with Crippen LogP contribution in [0.2, 0.25) is 0 Å². The van der Waals surface area contributed by atoms with E-state index < -0.39 is 0 Å². The first-order chi connectivity index (χ1) is 12.6. The highest BCUT2D eigenvalue weighted by molar-refractivity contribution is 6.09. The highest BCUT2D eigenvalue weighted by Gasteiger charge is 2.32. The van der Waals surface area contributed by atoms with Crippen molar-refractivity contribution in [2.45, 2.75) is 32.7 Å². The maximum absolute atomic E-state index is 10.6. The molecule has 0 amide bonds. The van der Waals surface area contributed by atoms with Gasteiger partial charge in [0.1, 0.15) is 5.82 Å². The molecule has 3 aliphatic heterocycles. The molecular formula is C21H28N4O. The average molecular weight is 352 g/mol. The number of hydrogen-bond donors (Lipinski definition) is 1. The first-order valence-corrected chi connectivity index (χ1v) is 9.66. The van der Waals surface area contributed by atoms with Crippen molar-refractivity contribution < 1.29 is 5.11 Å². The number of fused-ring (bicyclic) bond motifs is 1. The average Bonchev–Trinajstić information content (AvgIpc) is 3.06. The molecule has 26 heavy (non-hydrogen) atoms. The molecule has 1 N–H and O–H groups in total. The van der Waals surface area contributed by atoms with Crippen molar-refractivity contribution >= 4 is 5.71 Å². The predicted molar refractivity (Wildman–Crippen MR) is 105 cm³/mol. The van der Waals surface area contributed by atoms with E-state index in [4.69, 9.17) is 4.99 Å². The van der Waals surface area contributed by atoms with Crippen molar-refractivity contribution in [1.82, 2.24) is 14.9 Å². The van der Waals surface area contributed by atoms with E-state index in [1.54, 1.807) is 6.08 Å². The van der Waals surface area contributed by atoms with Crippen molar-refractivity contribution in [3.05, 3.63) is 59.8 Å². The van der Waals surface area contributed by atoms with Gasteiger partial charge in [-0.05, 0) is 51.8 Å². The fourth-order valence-corrected chi connectivity index (χ4v) is 4.06. The lowest BCUT2D eigenvalue weighted by Crippen LogP contribution is -2.45. The highest BCUT2D eigenvalue weighted by atomic mass is 16.3. The summed E-state index contributed by atoms with van der Waals surface area (Å²) >= 11 is 0. The lowest BCUT2D eigenvalue weighted by atomic mass is 9.96. The Morgan fingerprint density at radius 3 is 2.58 bits per heavy atom. The molecule has 4 rings (SSSR count). The van der Waals surface area contributed by atoms with E-state index in [1.807, 2.05) is 35.3 Å². The monoisotopic (exact) mass is 352 g/mol. The number of hydrazine groups is 1. The Balaban J connectivity index is 1.42. The molecule has 0 aromatic heterocycles. The summed E-state index contributed by atoms with van der Waals surface area (Å²) in [5, 5.41) is 14.7. The summed E-state index contributed by atoms with van der Waals surface area (Å²) in [6, 6.07) is 10.7. The molecule has 5 nitrogen and oxygen atoms in total. The number of rotatable bonds is 4. The van der Waals surface area contributed by atoms with E-state index in [1.165, 1.54) is 25.9 Å². The van der Waals surface area contributed by atoms with Crippen LogP contribution in [0.4, 0.5) is 0 Å². The molecular weight excluding hydrogens is 324 g/mol. The summed E-state index contributed by atoms with van der Waals surface area (Å²) in [7, 11) is 0. The number of nitrogens with zero attached hydrogens (tertiary/aromatic N) is 4. The second kappa shape index (κ2) is 7.25. The van der Waals surface area contributed by atoms with Gasteiger partial charge in [-0.1, -0.05) is 30.3 Å². The van der Waals surface area contributed by atoms with Gasteiger partial charge in [-0.25, -0.2) is 15.0 Å². The van der Waals surface area contributed by atoms with Crippen molar-refractivity contribution in [2.24, 2.45) is 10.9 Å². The standard InChI is InChI=1S/C21H28N4O/c1-16(2)23-11-8-17(9-12-23)15-24-13-10-20-22-19(14-21(26)25(20)24)18-6-4-3-5-7-18/h3-7,10,14,16-17,26H,8-9,11-13,15H2,1-2H3. The molecule has 1 aromatic rings. The van der Waals surface area contributed by atoms with Gasteiger partial charge in [-0.15, -0.1) is 0 Å². The molecule has 0 atom stereocenters. The normalized spacial score (nSPS) is 22.3. The zero-order valence-electron chi connectivity index (χ0n) is 15.7. The zero-order valence-corrected chi connectivity index (χ0v) is 15.7. The third-order valence-corrected chi connectivity index (χ3v) is 5.62. The van der Waals surface area contributed by atoms with E-state index in [2.05, 4.69) is 29.8 Å². The molecule has 3 aliphatic rings. The Labute approximate surface area is 155 Å². The van der Waals surface area contributed by atoms with Crippen molar-refractivity contribution in [3.8, 4) is 0 Å². The molecule has 1 aromatic carbocycles. The maximum Gasteiger partial charge on any atom is 0.210 e. The maximum atomic E-state index is 10.6. The molecule has 0 spiro atoms. The highest BCUT2D eigenvalue weighted by Crippen LogP contribution is 2.30. The molecule has 0 unspecified atom stereocenters. The Kier molecular flexibility index (Phi) is 4.83. The van der Waals surface area contributed by atoms with Gasteiger partial charge in [0.05, 0.1) is 5.71 Å². The Morgan fingerprint density at radius 2 is 1.88 bits per heavy atom. The van der Waals surface area contributed by atoms with Gasteiger partial charge in [-0.3, -0.25) is 0 Å². The number of likely N-dealkylation sites (tertiary alicyclic amines) is 1. The molecule has 1 fully saturated rings. The molecule has 0 aliphatic carbocycles. The Bertz CT molecular complexity index is 730. The summed E-state index contributed by atoms with van der Waals surface area (Å²) in [6.07, 6.45) is 6.32. The largest absolute Gasteiger partial charge is 0.493 e. The molecule has 5 heteroatoms. The number of allylic oxidation sites excluding steroid dienone is 1. The van der Waals surface area contributed by atoms with Crippen LogP contribution in [0.25, 0.3) is 0 Å². The van der Waals surface area contributed by atoms with Crippen LogP contribution in [0.1, 0.15) is 32.3 Å². The first-order valence-electron chi connectivity index (χ1n) is 9.66. The quantitative estimate of drug-likeness (QED) is 0.902. The van der Waals surface area contributed by atoms with Gasteiger partial charge < -0.3 is 10.0 Å². The second-order valence-electron chi connectivity index (χ2n) is 7.68. The third-order valence-electron chi connectivity index (χ3n) is 5.62. The van der Waals surface area contributed by atoms with Gasteiger partial charge in [0, 0.05) is 30.8 Å². The summed E-state index contributed by atoms with van der Waals surface area (Å²) in [6.45, 7) is 8.68. The van der Waals surface area contributed by atoms with E-state index in [-0.39, 0.29) is 5.88 Å². The summed E-state index contributed by atoms with van der Waals surface area (Å²) in [5.41, 5.74) is 1.84. The van der Waals surface area contributed by atoms with Crippen LogP contribution < -0.4 is 0 Å². The minimum Gasteiger partial charge on any atom is -0.493 e. The minimum absolute atomic E-state index is 0.266. The van der Waals surface area contributed by atoms with E-state index in [9.17, 15) is 5.11 Å². The van der Waals surface area contributed by atoms with E-state index in [0.717, 1.165) is 30.2 Å². The number of piperidine rings is 1. The van der Waals surface area contributed by atoms with Gasteiger partial charge in [0.25, 0.3) is 0 Å². The zero-order chi connectivity index (χ0) is 18.1. The van der Waals surface area contributed by atoms with Gasteiger partial charge in [0.15, 0.2) is 0 Å². The van der Waals surface area contributed by atoms with Crippen LogP contribution in [0.15, 0.2) is 59.2 Å². The lowest BCUT2D eigenvalue weighted by molar-refractivity contribution is 0.00127. The first kappa shape index (κ1) is 17.3.